The fourth-order valence-corrected chi connectivity index (χ4v) is 3.47. The van der Waals surface area contributed by atoms with Gasteiger partial charge in [0, 0.05) is 12.3 Å². The molecule has 4 aromatic rings. The van der Waals surface area contributed by atoms with Crippen molar-refractivity contribution < 1.29 is 18.7 Å². The molecule has 0 fully saturated rings. The number of para-hydroxylation sites is 1. The van der Waals surface area contributed by atoms with Gasteiger partial charge in [0.05, 0.1) is 0 Å². The Kier molecular flexibility index (Phi) is 7.18. The first-order chi connectivity index (χ1) is 16.2. The number of nitrogens with one attached hydrogen (secondary N) is 2. The lowest BCUT2D eigenvalue weighted by molar-refractivity contribution is -0.122. The fraction of sp³-hybridized carbons (Fsp3) is 0.111. The van der Waals surface area contributed by atoms with Crippen molar-refractivity contribution >= 4 is 11.8 Å². The largest absolute Gasteiger partial charge is 0.486 e. The summed E-state index contributed by atoms with van der Waals surface area (Å²) >= 11 is 0. The van der Waals surface area contributed by atoms with Crippen molar-refractivity contribution in [3.63, 3.8) is 0 Å². The molecule has 0 saturated carbocycles. The molecule has 0 bridgehead atoms. The number of rotatable bonds is 8. The minimum Gasteiger partial charge on any atom is -0.486 e. The van der Waals surface area contributed by atoms with Gasteiger partial charge < -0.3 is 9.15 Å². The van der Waals surface area contributed by atoms with Gasteiger partial charge in [-0.15, -0.1) is 0 Å². The van der Waals surface area contributed by atoms with E-state index in [9.17, 15) is 9.59 Å². The lowest BCUT2D eigenvalue weighted by Gasteiger charge is -2.18. The predicted octanol–water partition coefficient (Wildman–Crippen LogP) is 4.84. The Balaban J connectivity index is 1.32. The molecular weight excluding hydrogens is 416 g/mol. The minimum absolute atomic E-state index is 0.0876. The highest BCUT2D eigenvalue weighted by atomic mass is 16.5. The van der Waals surface area contributed by atoms with E-state index < -0.39 is 5.91 Å². The summed E-state index contributed by atoms with van der Waals surface area (Å²) in [5.74, 6) is 0.326. The van der Waals surface area contributed by atoms with Crippen molar-refractivity contribution in [1.82, 2.24) is 10.9 Å². The number of ether oxygens (including phenoxy) is 1. The van der Waals surface area contributed by atoms with Crippen molar-refractivity contribution in [2.75, 3.05) is 0 Å². The van der Waals surface area contributed by atoms with Crippen LogP contribution in [0.15, 0.2) is 108 Å². The van der Waals surface area contributed by atoms with Crippen molar-refractivity contribution in [2.45, 2.75) is 18.9 Å². The summed E-state index contributed by atoms with van der Waals surface area (Å²) in [4.78, 5) is 25.0. The van der Waals surface area contributed by atoms with E-state index in [1.807, 2.05) is 91.0 Å². The van der Waals surface area contributed by atoms with Gasteiger partial charge in [-0.3, -0.25) is 20.4 Å². The summed E-state index contributed by atoms with van der Waals surface area (Å²) in [5.41, 5.74) is 6.96. The second-order valence-corrected chi connectivity index (χ2v) is 7.45. The van der Waals surface area contributed by atoms with Crippen LogP contribution in [0.4, 0.5) is 0 Å². The number of furan rings is 1. The van der Waals surface area contributed by atoms with Crippen LogP contribution in [0.2, 0.25) is 0 Å². The second kappa shape index (κ2) is 10.8. The minimum atomic E-state index is -0.537. The second-order valence-electron chi connectivity index (χ2n) is 7.45. The Morgan fingerprint density at radius 3 is 1.91 bits per heavy atom. The van der Waals surface area contributed by atoms with Crippen LogP contribution >= 0.6 is 0 Å². The lowest BCUT2D eigenvalue weighted by Crippen LogP contribution is -2.42. The molecule has 0 saturated heterocycles. The average Bonchev–Trinajstić information content (AvgIpc) is 3.35. The van der Waals surface area contributed by atoms with Crippen molar-refractivity contribution in [3.05, 3.63) is 126 Å². The van der Waals surface area contributed by atoms with Crippen LogP contribution in [0.5, 0.6) is 5.75 Å². The van der Waals surface area contributed by atoms with Crippen LogP contribution in [0.3, 0.4) is 0 Å². The van der Waals surface area contributed by atoms with Gasteiger partial charge in [-0.1, -0.05) is 78.9 Å². The summed E-state index contributed by atoms with van der Waals surface area (Å²) in [5, 5.41) is 0. The van der Waals surface area contributed by atoms with Gasteiger partial charge in [0.25, 0.3) is 0 Å². The van der Waals surface area contributed by atoms with Gasteiger partial charge >= 0.3 is 5.91 Å². The van der Waals surface area contributed by atoms with Crippen molar-refractivity contribution in [3.8, 4) is 5.75 Å². The summed E-state index contributed by atoms with van der Waals surface area (Å²) in [6.07, 6.45) is 0.183. The highest BCUT2D eigenvalue weighted by Crippen LogP contribution is 2.27. The molecule has 6 heteroatoms. The molecule has 166 valence electrons. The Morgan fingerprint density at radius 2 is 1.30 bits per heavy atom. The predicted molar refractivity (Wildman–Crippen MR) is 124 cm³/mol. The summed E-state index contributed by atoms with van der Waals surface area (Å²) in [6, 6.07) is 32.2. The highest BCUT2D eigenvalue weighted by molar-refractivity contribution is 5.93. The third-order valence-electron chi connectivity index (χ3n) is 5.12. The maximum Gasteiger partial charge on any atom is 0.305 e. The number of carbonyl (C=O) groups is 2. The van der Waals surface area contributed by atoms with Crippen LogP contribution in [0.1, 0.15) is 39.8 Å². The molecule has 0 unspecified atom stereocenters. The molecular formula is C27H24N2O4. The third-order valence-corrected chi connectivity index (χ3v) is 5.12. The standard InChI is InChI=1S/C27H24N2O4/c30-26(18-24(20-10-4-1-5-11-20)21-12-6-2-7-13-21)28-29-27(31)25-17-16-23(33-25)19-32-22-14-8-3-9-15-22/h1-17,24H,18-19H2,(H,28,30)(H,29,31). The molecule has 0 radical (unpaired) electrons. The SMILES string of the molecule is O=C(CC(c1ccccc1)c1ccccc1)NNC(=O)c1ccc(COc2ccccc2)o1. The van der Waals surface area contributed by atoms with E-state index in [-0.39, 0.29) is 30.6 Å². The molecule has 0 atom stereocenters. The topological polar surface area (TPSA) is 80.6 Å². The van der Waals surface area contributed by atoms with Crippen LogP contribution in [0, 0.1) is 0 Å². The van der Waals surface area contributed by atoms with E-state index in [1.165, 1.54) is 0 Å². The van der Waals surface area contributed by atoms with Crippen molar-refractivity contribution in [1.29, 1.82) is 0 Å². The molecule has 3 aromatic carbocycles. The number of hydrogen-bond donors (Lipinski definition) is 2. The third kappa shape index (κ3) is 6.11. The maximum atomic E-state index is 12.6. The van der Waals surface area contributed by atoms with Gasteiger partial charge in [0.15, 0.2) is 5.76 Å². The Morgan fingerprint density at radius 1 is 0.727 bits per heavy atom. The summed E-state index contributed by atoms with van der Waals surface area (Å²) < 4.78 is 11.1. The number of benzene rings is 3. The van der Waals surface area contributed by atoms with Crippen LogP contribution < -0.4 is 15.6 Å². The molecule has 33 heavy (non-hydrogen) atoms. The van der Waals surface area contributed by atoms with Gasteiger partial charge in [0.2, 0.25) is 5.91 Å². The molecule has 2 N–H and O–H groups in total. The highest BCUT2D eigenvalue weighted by Gasteiger charge is 2.19. The monoisotopic (exact) mass is 440 g/mol. The quantitative estimate of drug-likeness (QED) is 0.384. The first-order valence-electron chi connectivity index (χ1n) is 10.6. The maximum absolute atomic E-state index is 12.6. The van der Waals surface area contributed by atoms with Crippen LogP contribution in [-0.4, -0.2) is 11.8 Å². The summed E-state index contributed by atoms with van der Waals surface area (Å²) in [6.45, 7) is 0.194. The fourth-order valence-electron chi connectivity index (χ4n) is 3.47. The van der Waals surface area contributed by atoms with Crippen molar-refractivity contribution in [2.24, 2.45) is 0 Å². The smallest absolute Gasteiger partial charge is 0.305 e. The Bertz CT molecular complexity index is 1140. The zero-order chi connectivity index (χ0) is 22.9. The number of amides is 2. The van der Waals surface area contributed by atoms with Crippen LogP contribution in [0.25, 0.3) is 0 Å². The zero-order valence-electron chi connectivity index (χ0n) is 17.9. The van der Waals surface area contributed by atoms with Gasteiger partial charge in [-0.25, -0.2) is 0 Å². The first kappa shape index (κ1) is 21.9. The van der Waals surface area contributed by atoms with Gasteiger partial charge in [-0.2, -0.15) is 0 Å². The molecule has 0 aliphatic rings. The van der Waals surface area contributed by atoms with E-state index in [4.69, 9.17) is 9.15 Å². The average molecular weight is 440 g/mol. The normalized spacial score (nSPS) is 10.6. The number of hydrogen-bond acceptors (Lipinski definition) is 4. The molecule has 2 amide bonds. The van der Waals surface area contributed by atoms with E-state index in [0.29, 0.717) is 11.5 Å². The molecule has 4 rings (SSSR count). The Labute approximate surface area is 192 Å². The van der Waals surface area contributed by atoms with Gasteiger partial charge in [-0.05, 0) is 35.4 Å². The first-order valence-corrected chi connectivity index (χ1v) is 10.6. The van der Waals surface area contributed by atoms with E-state index in [0.717, 1.165) is 11.1 Å². The van der Waals surface area contributed by atoms with E-state index in [2.05, 4.69) is 10.9 Å². The molecule has 0 aliphatic heterocycles. The summed E-state index contributed by atoms with van der Waals surface area (Å²) in [7, 11) is 0. The number of carbonyl (C=O) groups excluding carboxylic acids is 2. The van der Waals surface area contributed by atoms with Crippen LogP contribution in [-0.2, 0) is 11.4 Å². The van der Waals surface area contributed by atoms with Gasteiger partial charge in [0.1, 0.15) is 18.1 Å². The zero-order valence-corrected chi connectivity index (χ0v) is 17.9. The molecule has 0 spiro atoms. The number of hydrazine groups is 1. The lowest BCUT2D eigenvalue weighted by atomic mass is 9.88. The Hall–Kier alpha value is -4.32. The molecule has 0 aliphatic carbocycles. The van der Waals surface area contributed by atoms with E-state index in [1.54, 1.807) is 12.1 Å². The van der Waals surface area contributed by atoms with E-state index >= 15 is 0 Å². The molecule has 6 nitrogen and oxygen atoms in total. The molecule has 1 aromatic heterocycles. The molecule has 1 heterocycles.